The number of rotatable bonds is 6. The number of hydrogen-bond acceptors (Lipinski definition) is 8. The van der Waals surface area contributed by atoms with Gasteiger partial charge in [-0.1, -0.05) is 18.2 Å². The highest BCUT2D eigenvalue weighted by Crippen LogP contribution is 2.35. The van der Waals surface area contributed by atoms with Crippen molar-refractivity contribution in [3.63, 3.8) is 0 Å². The van der Waals surface area contributed by atoms with Crippen LogP contribution in [0.2, 0.25) is 0 Å². The number of aromatic nitrogens is 2. The maximum atomic E-state index is 6.15. The van der Waals surface area contributed by atoms with Gasteiger partial charge in [-0.2, -0.15) is 0 Å². The van der Waals surface area contributed by atoms with Crippen LogP contribution in [0.4, 0.5) is 17.3 Å². The van der Waals surface area contributed by atoms with E-state index >= 15 is 0 Å². The average Bonchev–Trinajstić information content (AvgIpc) is 3.29. The van der Waals surface area contributed by atoms with E-state index in [1.807, 2.05) is 36.5 Å². The zero-order valence-electron chi connectivity index (χ0n) is 20.0. The zero-order valence-corrected chi connectivity index (χ0v) is 20.0. The quantitative estimate of drug-likeness (QED) is 0.441. The lowest BCUT2D eigenvalue weighted by molar-refractivity contribution is -0.0225. The van der Waals surface area contributed by atoms with Crippen LogP contribution in [0, 0.1) is 0 Å². The van der Waals surface area contributed by atoms with Gasteiger partial charge < -0.3 is 24.1 Å². The summed E-state index contributed by atoms with van der Waals surface area (Å²) in [6.45, 7) is 4.15. The van der Waals surface area contributed by atoms with E-state index in [2.05, 4.69) is 51.4 Å². The number of methoxy groups -OCH3 is 1. The van der Waals surface area contributed by atoms with Crippen LogP contribution in [0.5, 0.6) is 0 Å². The molecule has 0 radical (unpaired) electrons. The number of piperazine rings is 1. The molecule has 180 valence electrons. The minimum atomic E-state index is 0.103. The van der Waals surface area contributed by atoms with Gasteiger partial charge in [-0.05, 0) is 43.4 Å². The number of benzene rings is 2. The monoisotopic (exact) mass is 471 g/mol. The molecular weight excluding hydrogens is 442 g/mol. The molecule has 8 heteroatoms. The van der Waals surface area contributed by atoms with Gasteiger partial charge in [0, 0.05) is 54.6 Å². The van der Waals surface area contributed by atoms with Crippen LogP contribution in [0.3, 0.4) is 0 Å². The molecule has 2 aliphatic heterocycles. The normalized spacial score (nSPS) is 19.1. The second-order valence-electron chi connectivity index (χ2n) is 9.17. The van der Waals surface area contributed by atoms with E-state index in [9.17, 15) is 0 Å². The number of nitrogens with zero attached hydrogens (tertiary/aromatic N) is 4. The van der Waals surface area contributed by atoms with Crippen molar-refractivity contribution < 1.29 is 13.9 Å². The molecule has 0 spiro atoms. The van der Waals surface area contributed by atoms with Crippen LogP contribution in [0.1, 0.15) is 11.5 Å². The summed E-state index contributed by atoms with van der Waals surface area (Å²) < 4.78 is 17.2. The molecule has 0 saturated carbocycles. The molecule has 1 N–H and O–H groups in total. The number of para-hydroxylation sites is 1. The van der Waals surface area contributed by atoms with Crippen molar-refractivity contribution in [3.05, 3.63) is 66.4 Å². The molecule has 8 nitrogen and oxygen atoms in total. The minimum Gasteiger partial charge on any atom is -0.454 e. The van der Waals surface area contributed by atoms with E-state index in [-0.39, 0.29) is 12.1 Å². The third-order valence-electron chi connectivity index (χ3n) is 6.91. The van der Waals surface area contributed by atoms with E-state index in [0.29, 0.717) is 19.2 Å². The fourth-order valence-corrected chi connectivity index (χ4v) is 4.68. The van der Waals surface area contributed by atoms with Crippen LogP contribution < -0.4 is 10.2 Å². The molecule has 4 heterocycles. The first-order chi connectivity index (χ1) is 17.2. The van der Waals surface area contributed by atoms with Crippen molar-refractivity contribution in [1.82, 2.24) is 14.9 Å². The molecule has 2 saturated heterocycles. The van der Waals surface area contributed by atoms with Gasteiger partial charge in [0.2, 0.25) is 5.95 Å². The third-order valence-corrected chi connectivity index (χ3v) is 6.91. The minimum absolute atomic E-state index is 0.103. The van der Waals surface area contributed by atoms with Crippen LogP contribution in [0.25, 0.3) is 22.4 Å². The van der Waals surface area contributed by atoms with Gasteiger partial charge in [-0.15, -0.1) is 0 Å². The molecule has 2 aromatic heterocycles. The SMILES string of the molecule is COC1CN(c2ccc(Nc3ncc(C4COC4)c(-c4cc5ccccc5o4)n3)cc2)CCN1C. The molecule has 4 aromatic rings. The predicted molar refractivity (Wildman–Crippen MR) is 136 cm³/mol. The van der Waals surface area contributed by atoms with Gasteiger partial charge >= 0.3 is 0 Å². The molecule has 2 fully saturated rings. The number of likely N-dealkylation sites (N-methyl/N-ethyl adjacent to an activating group) is 1. The van der Waals surface area contributed by atoms with Crippen molar-refractivity contribution >= 4 is 28.3 Å². The van der Waals surface area contributed by atoms with Crippen LogP contribution >= 0.6 is 0 Å². The van der Waals surface area contributed by atoms with Crippen LogP contribution in [-0.4, -0.2) is 68.1 Å². The third kappa shape index (κ3) is 4.36. The Balaban J connectivity index is 1.25. The van der Waals surface area contributed by atoms with Crippen LogP contribution in [0.15, 0.2) is 65.2 Å². The Bertz CT molecular complexity index is 1290. The Morgan fingerprint density at radius 2 is 1.89 bits per heavy atom. The molecular formula is C27H29N5O3. The smallest absolute Gasteiger partial charge is 0.227 e. The first-order valence-electron chi connectivity index (χ1n) is 12.0. The summed E-state index contributed by atoms with van der Waals surface area (Å²) in [5.41, 5.74) is 4.82. The highest BCUT2D eigenvalue weighted by atomic mass is 16.5. The van der Waals surface area contributed by atoms with Crippen molar-refractivity contribution in [2.45, 2.75) is 12.1 Å². The number of ether oxygens (including phenoxy) is 2. The Kier molecular flexibility index (Phi) is 5.85. The average molecular weight is 472 g/mol. The van der Waals surface area contributed by atoms with E-state index in [1.54, 1.807) is 7.11 Å². The van der Waals surface area contributed by atoms with Crippen molar-refractivity contribution in [2.24, 2.45) is 0 Å². The number of fused-ring (bicyclic) bond motifs is 1. The van der Waals surface area contributed by atoms with Gasteiger partial charge in [-0.3, -0.25) is 4.90 Å². The highest BCUT2D eigenvalue weighted by molar-refractivity contribution is 5.82. The lowest BCUT2D eigenvalue weighted by Gasteiger charge is -2.39. The summed E-state index contributed by atoms with van der Waals surface area (Å²) in [5, 5.41) is 4.42. The summed E-state index contributed by atoms with van der Waals surface area (Å²) in [6, 6.07) is 18.4. The largest absolute Gasteiger partial charge is 0.454 e. The number of furan rings is 1. The lowest BCUT2D eigenvalue weighted by Crippen LogP contribution is -2.52. The van der Waals surface area contributed by atoms with Gasteiger partial charge in [0.15, 0.2) is 5.76 Å². The van der Waals surface area contributed by atoms with Crippen molar-refractivity contribution in [2.75, 3.05) is 57.2 Å². The molecule has 0 bridgehead atoms. The predicted octanol–water partition coefficient (Wildman–Crippen LogP) is 4.47. The fraction of sp³-hybridized carbons (Fsp3) is 0.333. The second-order valence-corrected chi connectivity index (χ2v) is 9.17. The Hall–Kier alpha value is -3.46. The van der Waals surface area contributed by atoms with Crippen molar-refractivity contribution in [3.8, 4) is 11.5 Å². The van der Waals surface area contributed by atoms with Gasteiger partial charge in [0.05, 0.1) is 19.8 Å². The summed E-state index contributed by atoms with van der Waals surface area (Å²) in [7, 11) is 3.86. The number of hydrogen-bond donors (Lipinski definition) is 1. The maximum absolute atomic E-state index is 6.15. The van der Waals surface area contributed by atoms with Gasteiger partial charge in [0.25, 0.3) is 0 Å². The van der Waals surface area contributed by atoms with Crippen molar-refractivity contribution in [1.29, 1.82) is 0 Å². The Morgan fingerprint density at radius 3 is 2.63 bits per heavy atom. The van der Waals surface area contributed by atoms with E-state index < -0.39 is 0 Å². The number of anilines is 3. The molecule has 2 aliphatic rings. The van der Waals surface area contributed by atoms with Crippen LogP contribution in [-0.2, 0) is 9.47 Å². The molecule has 1 unspecified atom stereocenters. The van der Waals surface area contributed by atoms with E-state index in [4.69, 9.17) is 18.9 Å². The summed E-state index contributed by atoms with van der Waals surface area (Å²) in [4.78, 5) is 14.1. The standard InChI is InChI=1S/C27H29N5O3/c1-31-11-12-32(15-25(31)33-2)21-9-7-20(8-10-21)29-27-28-14-22(19-16-34-17-19)26(30-27)24-13-18-5-3-4-6-23(18)35-24/h3-10,13-14,19,25H,11-12,15-17H2,1-2H3,(H,28,29,30). The summed E-state index contributed by atoms with van der Waals surface area (Å²) in [6.07, 6.45) is 2.00. The molecule has 1 atom stereocenters. The molecule has 35 heavy (non-hydrogen) atoms. The fourth-order valence-electron chi connectivity index (χ4n) is 4.68. The van der Waals surface area contributed by atoms with E-state index in [1.165, 1.54) is 5.69 Å². The first kappa shape index (κ1) is 22.0. The topological polar surface area (TPSA) is 75.9 Å². The highest BCUT2D eigenvalue weighted by Gasteiger charge is 2.27. The maximum Gasteiger partial charge on any atom is 0.227 e. The summed E-state index contributed by atoms with van der Waals surface area (Å²) in [5.74, 6) is 1.57. The lowest BCUT2D eigenvalue weighted by atomic mass is 9.96. The molecule has 2 aromatic carbocycles. The summed E-state index contributed by atoms with van der Waals surface area (Å²) >= 11 is 0. The van der Waals surface area contributed by atoms with Gasteiger partial charge in [0.1, 0.15) is 17.5 Å². The zero-order chi connectivity index (χ0) is 23.8. The Morgan fingerprint density at radius 1 is 1.06 bits per heavy atom. The first-order valence-corrected chi connectivity index (χ1v) is 12.0. The molecule has 0 amide bonds. The number of nitrogens with one attached hydrogen (secondary N) is 1. The molecule has 0 aliphatic carbocycles. The Labute approximate surface area is 204 Å². The molecule has 6 rings (SSSR count). The second kappa shape index (κ2) is 9.30. The van der Waals surface area contributed by atoms with E-state index in [0.717, 1.165) is 53.3 Å². The van der Waals surface area contributed by atoms with Gasteiger partial charge in [-0.25, -0.2) is 9.97 Å².